The number of hydrogen-bond acceptors (Lipinski definition) is 5. The lowest BCUT2D eigenvalue weighted by atomic mass is 9.74. The molecule has 3 heterocycles. The van der Waals surface area contributed by atoms with E-state index in [1.807, 2.05) is 6.07 Å². The molecule has 1 aromatic rings. The number of benzene rings is 1. The molecule has 0 aliphatic carbocycles. The van der Waals surface area contributed by atoms with Crippen molar-refractivity contribution in [3.63, 3.8) is 0 Å². The normalized spacial score (nSPS) is 26.2. The van der Waals surface area contributed by atoms with E-state index in [1.54, 1.807) is 0 Å². The molecule has 6 nitrogen and oxygen atoms in total. The molecule has 3 fully saturated rings. The summed E-state index contributed by atoms with van der Waals surface area (Å²) >= 11 is 0. The molecule has 28 heavy (non-hydrogen) atoms. The third-order valence-corrected chi connectivity index (χ3v) is 6.43. The summed E-state index contributed by atoms with van der Waals surface area (Å²) < 4.78 is 17.0. The molecule has 3 aliphatic rings. The molecule has 0 bridgehead atoms. The monoisotopic (exact) mass is 388 g/mol. The zero-order valence-corrected chi connectivity index (χ0v) is 16.6. The van der Waals surface area contributed by atoms with Crippen molar-refractivity contribution < 1.29 is 19.0 Å². The summed E-state index contributed by atoms with van der Waals surface area (Å²) in [6.07, 6.45) is 5.02. The van der Waals surface area contributed by atoms with Crippen molar-refractivity contribution in [1.29, 1.82) is 0 Å². The average Bonchev–Trinajstić information content (AvgIpc) is 3.29. The Kier molecular flexibility index (Phi) is 6.62. The van der Waals surface area contributed by atoms with Crippen molar-refractivity contribution in [2.75, 3.05) is 46.1 Å². The van der Waals surface area contributed by atoms with Crippen LogP contribution in [0.5, 0.6) is 0 Å². The van der Waals surface area contributed by atoms with Gasteiger partial charge in [0.15, 0.2) is 6.29 Å². The predicted molar refractivity (Wildman–Crippen MR) is 106 cm³/mol. The minimum absolute atomic E-state index is 0.0336. The third-order valence-electron chi connectivity index (χ3n) is 6.43. The van der Waals surface area contributed by atoms with Crippen LogP contribution in [0.1, 0.15) is 37.7 Å². The predicted octanol–water partition coefficient (Wildman–Crippen LogP) is 2.08. The standard InChI is InChI=1S/C22H32N2O4/c25-20(16-24-11-5-4-8-19(24)21-27-14-15-28-21)23-17-22(9-12-26-13-10-22)18-6-2-1-3-7-18/h1-3,6-7,19,21H,4-5,8-17H2,(H,23,25). The minimum Gasteiger partial charge on any atom is -0.381 e. The Balaban J connectivity index is 1.37. The second kappa shape index (κ2) is 9.35. The Bertz CT molecular complexity index is 627. The molecule has 3 saturated heterocycles. The van der Waals surface area contributed by atoms with Crippen LogP contribution in [-0.2, 0) is 24.4 Å². The highest BCUT2D eigenvalue weighted by atomic mass is 16.7. The van der Waals surface area contributed by atoms with Gasteiger partial charge in [-0.05, 0) is 37.8 Å². The van der Waals surface area contributed by atoms with E-state index in [-0.39, 0.29) is 23.7 Å². The van der Waals surface area contributed by atoms with Gasteiger partial charge in [0, 0.05) is 25.2 Å². The fourth-order valence-electron chi connectivity index (χ4n) is 4.75. The van der Waals surface area contributed by atoms with Gasteiger partial charge in [-0.15, -0.1) is 0 Å². The molecule has 1 unspecified atom stereocenters. The first-order chi connectivity index (χ1) is 13.8. The highest BCUT2D eigenvalue weighted by Crippen LogP contribution is 2.34. The maximum absolute atomic E-state index is 12.8. The molecular formula is C22H32N2O4. The first-order valence-corrected chi connectivity index (χ1v) is 10.6. The van der Waals surface area contributed by atoms with Gasteiger partial charge in [-0.1, -0.05) is 36.8 Å². The van der Waals surface area contributed by atoms with Crippen LogP contribution in [0.2, 0.25) is 0 Å². The quantitative estimate of drug-likeness (QED) is 0.809. The van der Waals surface area contributed by atoms with Crippen LogP contribution < -0.4 is 5.32 Å². The van der Waals surface area contributed by atoms with E-state index in [9.17, 15) is 4.79 Å². The van der Waals surface area contributed by atoms with E-state index in [4.69, 9.17) is 14.2 Å². The SMILES string of the molecule is O=C(CN1CCCCC1C1OCCO1)NCC1(c2ccccc2)CCOCC1. The number of carbonyl (C=O) groups is 1. The molecule has 154 valence electrons. The second-order valence-corrected chi connectivity index (χ2v) is 8.18. The Labute approximate surface area is 167 Å². The number of nitrogens with zero attached hydrogens (tertiary/aromatic N) is 1. The summed E-state index contributed by atoms with van der Waals surface area (Å²) in [7, 11) is 0. The molecule has 0 aromatic heterocycles. The highest BCUT2D eigenvalue weighted by Gasteiger charge is 2.37. The van der Waals surface area contributed by atoms with Crippen molar-refractivity contribution in [3.8, 4) is 0 Å². The topological polar surface area (TPSA) is 60.0 Å². The number of nitrogens with one attached hydrogen (secondary N) is 1. The van der Waals surface area contributed by atoms with E-state index in [1.165, 1.54) is 12.0 Å². The summed E-state index contributed by atoms with van der Waals surface area (Å²) in [4.78, 5) is 15.1. The first-order valence-electron chi connectivity index (χ1n) is 10.6. The van der Waals surface area contributed by atoms with Crippen molar-refractivity contribution >= 4 is 5.91 Å². The van der Waals surface area contributed by atoms with E-state index < -0.39 is 0 Å². The molecule has 4 rings (SSSR count). The molecule has 1 N–H and O–H groups in total. The number of hydrogen-bond donors (Lipinski definition) is 1. The van der Waals surface area contributed by atoms with Gasteiger partial charge in [0.1, 0.15) is 0 Å². The van der Waals surface area contributed by atoms with Crippen LogP contribution in [0, 0.1) is 0 Å². The number of amides is 1. The Morgan fingerprint density at radius 1 is 1.07 bits per heavy atom. The van der Waals surface area contributed by atoms with Crippen molar-refractivity contribution in [1.82, 2.24) is 10.2 Å². The molecule has 0 radical (unpaired) electrons. The smallest absolute Gasteiger partial charge is 0.234 e. The lowest BCUT2D eigenvalue weighted by molar-refractivity contribution is -0.131. The summed E-state index contributed by atoms with van der Waals surface area (Å²) in [5.41, 5.74) is 1.26. The lowest BCUT2D eigenvalue weighted by Gasteiger charge is -2.39. The van der Waals surface area contributed by atoms with E-state index in [0.717, 1.165) is 45.4 Å². The number of carbonyl (C=O) groups excluding carboxylic acids is 1. The fourth-order valence-corrected chi connectivity index (χ4v) is 4.75. The van der Waals surface area contributed by atoms with Gasteiger partial charge < -0.3 is 19.5 Å². The van der Waals surface area contributed by atoms with Gasteiger partial charge in [-0.25, -0.2) is 0 Å². The fraction of sp³-hybridized carbons (Fsp3) is 0.682. The van der Waals surface area contributed by atoms with Crippen molar-refractivity contribution in [2.24, 2.45) is 0 Å². The first kappa shape index (κ1) is 19.8. The van der Waals surface area contributed by atoms with Crippen LogP contribution in [0.4, 0.5) is 0 Å². The number of piperidine rings is 1. The van der Waals surface area contributed by atoms with Crippen LogP contribution in [0.3, 0.4) is 0 Å². The molecular weight excluding hydrogens is 356 g/mol. The maximum Gasteiger partial charge on any atom is 0.234 e. The third kappa shape index (κ3) is 4.57. The number of likely N-dealkylation sites (tertiary alicyclic amines) is 1. The van der Waals surface area contributed by atoms with E-state index in [2.05, 4.69) is 34.5 Å². The van der Waals surface area contributed by atoms with Crippen LogP contribution in [0.25, 0.3) is 0 Å². The molecule has 1 atom stereocenters. The molecule has 0 spiro atoms. The highest BCUT2D eigenvalue weighted by molar-refractivity contribution is 5.78. The minimum atomic E-state index is -0.181. The summed E-state index contributed by atoms with van der Waals surface area (Å²) in [6, 6.07) is 10.7. The number of rotatable bonds is 6. The van der Waals surface area contributed by atoms with E-state index >= 15 is 0 Å². The van der Waals surface area contributed by atoms with Gasteiger partial charge in [-0.2, -0.15) is 0 Å². The van der Waals surface area contributed by atoms with Gasteiger partial charge in [0.25, 0.3) is 0 Å². The molecule has 1 amide bonds. The number of ether oxygens (including phenoxy) is 3. The van der Waals surface area contributed by atoms with Gasteiger partial charge >= 0.3 is 0 Å². The van der Waals surface area contributed by atoms with E-state index in [0.29, 0.717) is 26.3 Å². The summed E-state index contributed by atoms with van der Waals surface area (Å²) in [6.45, 7) is 4.80. The lowest BCUT2D eigenvalue weighted by Crippen LogP contribution is -2.52. The van der Waals surface area contributed by atoms with Crippen LogP contribution in [0.15, 0.2) is 30.3 Å². The molecule has 3 aliphatic heterocycles. The second-order valence-electron chi connectivity index (χ2n) is 8.18. The van der Waals surface area contributed by atoms with Crippen LogP contribution in [-0.4, -0.2) is 69.2 Å². The average molecular weight is 389 g/mol. The van der Waals surface area contributed by atoms with Crippen LogP contribution >= 0.6 is 0 Å². The Hall–Kier alpha value is -1.47. The molecule has 0 saturated carbocycles. The maximum atomic E-state index is 12.8. The summed E-state index contributed by atoms with van der Waals surface area (Å²) in [5.74, 6) is 0.0895. The zero-order chi connectivity index (χ0) is 19.2. The Morgan fingerprint density at radius 2 is 1.82 bits per heavy atom. The summed E-state index contributed by atoms with van der Waals surface area (Å²) in [5, 5.41) is 3.23. The Morgan fingerprint density at radius 3 is 2.57 bits per heavy atom. The van der Waals surface area contributed by atoms with Crippen molar-refractivity contribution in [2.45, 2.75) is 49.9 Å². The van der Waals surface area contributed by atoms with Gasteiger partial charge in [0.05, 0.1) is 25.8 Å². The van der Waals surface area contributed by atoms with Gasteiger partial charge in [0.2, 0.25) is 5.91 Å². The van der Waals surface area contributed by atoms with Gasteiger partial charge in [-0.3, -0.25) is 9.69 Å². The van der Waals surface area contributed by atoms with Crippen molar-refractivity contribution in [3.05, 3.63) is 35.9 Å². The molecule has 6 heteroatoms. The molecule has 1 aromatic carbocycles. The zero-order valence-electron chi connectivity index (χ0n) is 16.6. The largest absolute Gasteiger partial charge is 0.381 e.